The van der Waals surface area contributed by atoms with Crippen LogP contribution in [0.4, 0.5) is 5.69 Å². The Hall–Kier alpha value is -1.72. The summed E-state index contributed by atoms with van der Waals surface area (Å²) in [4.78, 5) is 10.7. The summed E-state index contributed by atoms with van der Waals surface area (Å²) >= 11 is 3.26. The summed E-state index contributed by atoms with van der Waals surface area (Å²) in [5.41, 5.74) is 3.20. The second kappa shape index (κ2) is 6.83. The molecule has 0 aliphatic rings. The first-order valence-corrected chi connectivity index (χ1v) is 7.49. The molecule has 2 aromatic carbocycles. The van der Waals surface area contributed by atoms with E-state index in [0.29, 0.717) is 16.6 Å². The topological polar surface area (TPSA) is 55.2 Å². The SMILES string of the molecule is Cc1ccc([C@H](C)NCc2ccc(Br)cc2[N+](=O)[O-])cc1. The van der Waals surface area contributed by atoms with Crippen LogP contribution in [0.2, 0.25) is 0 Å². The number of rotatable bonds is 5. The van der Waals surface area contributed by atoms with Gasteiger partial charge in [-0.05, 0) is 31.5 Å². The van der Waals surface area contributed by atoms with Gasteiger partial charge >= 0.3 is 0 Å². The van der Waals surface area contributed by atoms with Crippen molar-refractivity contribution >= 4 is 21.6 Å². The molecular formula is C16H17BrN2O2. The van der Waals surface area contributed by atoms with E-state index in [4.69, 9.17) is 0 Å². The minimum atomic E-state index is -0.349. The molecule has 0 aliphatic heterocycles. The number of hydrogen-bond acceptors (Lipinski definition) is 3. The average molecular weight is 349 g/mol. The van der Waals surface area contributed by atoms with Crippen LogP contribution in [0.25, 0.3) is 0 Å². The molecule has 0 aromatic heterocycles. The van der Waals surface area contributed by atoms with Gasteiger partial charge in [-0.3, -0.25) is 10.1 Å². The molecule has 21 heavy (non-hydrogen) atoms. The van der Waals surface area contributed by atoms with Crippen LogP contribution in [-0.4, -0.2) is 4.92 Å². The fourth-order valence-electron chi connectivity index (χ4n) is 2.09. The highest BCUT2D eigenvalue weighted by Crippen LogP contribution is 2.24. The molecule has 0 saturated heterocycles. The summed E-state index contributed by atoms with van der Waals surface area (Å²) in [5, 5.41) is 14.4. The predicted octanol–water partition coefficient (Wildman–Crippen LogP) is 4.52. The lowest BCUT2D eigenvalue weighted by Crippen LogP contribution is -2.18. The molecule has 1 atom stereocenters. The fraction of sp³-hybridized carbons (Fsp3) is 0.250. The van der Waals surface area contributed by atoms with Crippen molar-refractivity contribution in [3.8, 4) is 0 Å². The van der Waals surface area contributed by atoms with E-state index in [-0.39, 0.29) is 16.7 Å². The quantitative estimate of drug-likeness (QED) is 0.638. The number of hydrogen-bond donors (Lipinski definition) is 1. The van der Waals surface area contributed by atoms with Crippen LogP contribution in [0.3, 0.4) is 0 Å². The molecule has 0 amide bonds. The third-order valence-corrected chi connectivity index (χ3v) is 3.91. The second-order valence-corrected chi connectivity index (χ2v) is 5.96. The number of nitrogens with one attached hydrogen (secondary N) is 1. The monoisotopic (exact) mass is 348 g/mol. The lowest BCUT2D eigenvalue weighted by atomic mass is 10.1. The number of nitrogens with zero attached hydrogens (tertiary/aromatic N) is 1. The molecule has 0 radical (unpaired) electrons. The highest BCUT2D eigenvalue weighted by molar-refractivity contribution is 9.10. The highest BCUT2D eigenvalue weighted by atomic mass is 79.9. The van der Waals surface area contributed by atoms with Crippen molar-refractivity contribution in [2.24, 2.45) is 0 Å². The maximum absolute atomic E-state index is 11.1. The van der Waals surface area contributed by atoms with Crippen molar-refractivity contribution in [1.29, 1.82) is 0 Å². The van der Waals surface area contributed by atoms with E-state index in [2.05, 4.69) is 52.4 Å². The summed E-state index contributed by atoms with van der Waals surface area (Å²) in [6, 6.07) is 13.5. The lowest BCUT2D eigenvalue weighted by Gasteiger charge is -2.14. The van der Waals surface area contributed by atoms with Gasteiger partial charge in [0.2, 0.25) is 0 Å². The molecule has 110 valence electrons. The van der Waals surface area contributed by atoms with E-state index < -0.39 is 0 Å². The first-order chi connectivity index (χ1) is 9.97. The van der Waals surface area contributed by atoms with Crippen LogP contribution in [0, 0.1) is 17.0 Å². The van der Waals surface area contributed by atoms with E-state index in [1.807, 2.05) is 13.0 Å². The van der Waals surface area contributed by atoms with Crippen molar-refractivity contribution in [2.45, 2.75) is 26.4 Å². The molecule has 0 fully saturated rings. The normalized spacial score (nSPS) is 12.1. The maximum atomic E-state index is 11.1. The van der Waals surface area contributed by atoms with E-state index in [1.165, 1.54) is 17.2 Å². The Morgan fingerprint density at radius 3 is 2.52 bits per heavy atom. The Bertz CT molecular complexity index is 641. The average Bonchev–Trinajstić information content (AvgIpc) is 2.46. The Morgan fingerprint density at radius 1 is 1.24 bits per heavy atom. The minimum Gasteiger partial charge on any atom is -0.306 e. The molecular weight excluding hydrogens is 332 g/mol. The van der Waals surface area contributed by atoms with Crippen LogP contribution in [0.15, 0.2) is 46.9 Å². The van der Waals surface area contributed by atoms with Gasteiger partial charge in [0, 0.05) is 28.7 Å². The number of nitro benzene ring substituents is 1. The summed E-state index contributed by atoms with van der Waals surface area (Å²) in [6.45, 7) is 4.56. The molecule has 0 spiro atoms. The van der Waals surface area contributed by atoms with Gasteiger partial charge in [-0.25, -0.2) is 0 Å². The van der Waals surface area contributed by atoms with Crippen molar-refractivity contribution < 1.29 is 4.92 Å². The second-order valence-electron chi connectivity index (χ2n) is 5.04. The summed E-state index contributed by atoms with van der Waals surface area (Å²) in [6.07, 6.45) is 0. The zero-order chi connectivity index (χ0) is 15.4. The third-order valence-electron chi connectivity index (χ3n) is 3.42. The number of nitro groups is 1. The molecule has 0 aliphatic carbocycles. The molecule has 1 N–H and O–H groups in total. The van der Waals surface area contributed by atoms with Crippen molar-refractivity contribution in [1.82, 2.24) is 5.32 Å². The maximum Gasteiger partial charge on any atom is 0.275 e. The zero-order valence-corrected chi connectivity index (χ0v) is 13.6. The Labute approximate surface area is 132 Å². The first-order valence-electron chi connectivity index (χ1n) is 6.70. The largest absolute Gasteiger partial charge is 0.306 e. The molecule has 4 nitrogen and oxygen atoms in total. The van der Waals surface area contributed by atoms with Gasteiger partial charge in [0.05, 0.1) is 4.92 Å². The highest BCUT2D eigenvalue weighted by Gasteiger charge is 2.15. The van der Waals surface area contributed by atoms with Gasteiger partial charge in [0.1, 0.15) is 0 Å². The van der Waals surface area contributed by atoms with Crippen molar-refractivity contribution in [3.05, 3.63) is 73.7 Å². The van der Waals surface area contributed by atoms with Crippen molar-refractivity contribution in [3.63, 3.8) is 0 Å². The van der Waals surface area contributed by atoms with Crippen LogP contribution < -0.4 is 5.32 Å². The van der Waals surface area contributed by atoms with Gasteiger partial charge < -0.3 is 5.32 Å². The van der Waals surface area contributed by atoms with E-state index >= 15 is 0 Å². The van der Waals surface area contributed by atoms with Crippen LogP contribution >= 0.6 is 15.9 Å². The van der Waals surface area contributed by atoms with Crippen LogP contribution in [0.1, 0.15) is 29.7 Å². The van der Waals surface area contributed by atoms with E-state index in [1.54, 1.807) is 6.07 Å². The summed E-state index contributed by atoms with van der Waals surface area (Å²) in [5.74, 6) is 0. The first kappa shape index (κ1) is 15.7. The van der Waals surface area contributed by atoms with Gasteiger partial charge in [0.15, 0.2) is 0 Å². The van der Waals surface area contributed by atoms with Gasteiger partial charge in [0.25, 0.3) is 5.69 Å². The molecule has 0 saturated carbocycles. The van der Waals surface area contributed by atoms with Gasteiger partial charge in [-0.15, -0.1) is 0 Å². The smallest absolute Gasteiger partial charge is 0.275 e. The molecule has 2 rings (SSSR count). The third kappa shape index (κ3) is 4.12. The minimum absolute atomic E-state index is 0.132. The zero-order valence-electron chi connectivity index (χ0n) is 12.0. The molecule has 0 heterocycles. The molecule has 5 heteroatoms. The Morgan fingerprint density at radius 2 is 1.90 bits per heavy atom. The number of benzene rings is 2. The van der Waals surface area contributed by atoms with Crippen molar-refractivity contribution in [2.75, 3.05) is 0 Å². The molecule has 0 bridgehead atoms. The number of aryl methyl sites for hydroxylation is 1. The molecule has 0 unspecified atom stereocenters. The Kier molecular flexibility index (Phi) is 5.09. The standard InChI is InChI=1S/C16H17BrN2O2/c1-11-3-5-13(6-4-11)12(2)18-10-14-7-8-15(17)9-16(14)19(20)21/h3-9,12,18H,10H2,1-2H3/t12-/m0/s1. The van der Waals surface area contributed by atoms with E-state index in [0.717, 1.165) is 0 Å². The van der Waals surface area contributed by atoms with Gasteiger partial charge in [-0.1, -0.05) is 45.8 Å². The van der Waals surface area contributed by atoms with Gasteiger partial charge in [-0.2, -0.15) is 0 Å². The summed E-state index contributed by atoms with van der Waals surface area (Å²) < 4.78 is 0.713. The lowest BCUT2D eigenvalue weighted by molar-refractivity contribution is -0.385. The predicted molar refractivity (Wildman–Crippen MR) is 87.2 cm³/mol. The number of halogens is 1. The van der Waals surface area contributed by atoms with Crippen LogP contribution in [0.5, 0.6) is 0 Å². The van der Waals surface area contributed by atoms with E-state index in [9.17, 15) is 10.1 Å². The fourth-order valence-corrected chi connectivity index (χ4v) is 2.44. The Balaban J connectivity index is 2.09. The molecule has 2 aromatic rings. The summed E-state index contributed by atoms with van der Waals surface area (Å²) in [7, 11) is 0. The van der Waals surface area contributed by atoms with Crippen LogP contribution in [-0.2, 0) is 6.54 Å².